The zero-order chi connectivity index (χ0) is 14.4. The van der Waals surface area contributed by atoms with Gasteiger partial charge in [-0.3, -0.25) is 4.79 Å². The van der Waals surface area contributed by atoms with Crippen LogP contribution in [0.4, 0.5) is 0 Å². The average molecular weight is 291 g/mol. The molecule has 20 heavy (non-hydrogen) atoms. The molecule has 1 aromatic heterocycles. The summed E-state index contributed by atoms with van der Waals surface area (Å²) in [4.78, 5) is 18.6. The first kappa shape index (κ1) is 14.9. The number of fused-ring (bicyclic) bond motifs is 1. The van der Waals surface area contributed by atoms with Gasteiger partial charge in [0.15, 0.2) is 0 Å². The highest BCUT2D eigenvalue weighted by Gasteiger charge is 2.07. The van der Waals surface area contributed by atoms with Crippen LogP contribution in [-0.4, -0.2) is 42.0 Å². The predicted octanol–water partition coefficient (Wildman–Crippen LogP) is 2.76. The number of hydrogen-bond donors (Lipinski definition) is 1. The van der Waals surface area contributed by atoms with Crippen LogP contribution in [0.15, 0.2) is 23.7 Å². The van der Waals surface area contributed by atoms with E-state index in [2.05, 4.69) is 29.0 Å². The van der Waals surface area contributed by atoms with E-state index in [9.17, 15) is 4.79 Å². The zero-order valence-electron chi connectivity index (χ0n) is 12.1. The van der Waals surface area contributed by atoms with Crippen molar-refractivity contribution in [1.82, 2.24) is 15.2 Å². The van der Waals surface area contributed by atoms with Crippen LogP contribution >= 0.6 is 11.3 Å². The molecule has 0 aliphatic heterocycles. The highest BCUT2D eigenvalue weighted by molar-refractivity contribution is 7.16. The average Bonchev–Trinajstić information content (AvgIpc) is 2.94. The van der Waals surface area contributed by atoms with Gasteiger partial charge in [0.2, 0.25) is 0 Å². The SMILES string of the molecule is CCN(CC)CCCNC(=O)c1ccc2ncsc2c1. The van der Waals surface area contributed by atoms with Gasteiger partial charge in [0.25, 0.3) is 5.91 Å². The number of benzene rings is 1. The Bertz CT molecular complexity index is 563. The number of nitrogens with one attached hydrogen (secondary N) is 1. The molecule has 1 N–H and O–H groups in total. The Hall–Kier alpha value is -1.46. The summed E-state index contributed by atoms with van der Waals surface area (Å²) in [6.45, 7) is 8.19. The van der Waals surface area contributed by atoms with E-state index in [1.54, 1.807) is 16.8 Å². The summed E-state index contributed by atoms with van der Waals surface area (Å²) in [6.07, 6.45) is 0.982. The van der Waals surface area contributed by atoms with Gasteiger partial charge in [0.1, 0.15) is 0 Å². The topological polar surface area (TPSA) is 45.2 Å². The highest BCUT2D eigenvalue weighted by atomic mass is 32.1. The predicted molar refractivity (Wildman–Crippen MR) is 84.4 cm³/mol. The van der Waals surface area contributed by atoms with Gasteiger partial charge in [0, 0.05) is 12.1 Å². The lowest BCUT2D eigenvalue weighted by atomic mass is 10.2. The van der Waals surface area contributed by atoms with E-state index in [0.29, 0.717) is 5.56 Å². The number of hydrogen-bond acceptors (Lipinski definition) is 4. The van der Waals surface area contributed by atoms with Crippen molar-refractivity contribution >= 4 is 27.5 Å². The molecular weight excluding hydrogens is 270 g/mol. The number of thiazole rings is 1. The molecule has 0 bridgehead atoms. The highest BCUT2D eigenvalue weighted by Crippen LogP contribution is 2.18. The van der Waals surface area contributed by atoms with Crippen molar-refractivity contribution in [3.63, 3.8) is 0 Å². The van der Waals surface area contributed by atoms with Gasteiger partial charge in [-0.15, -0.1) is 11.3 Å². The Kier molecular flexibility index (Phi) is 5.49. The van der Waals surface area contributed by atoms with Crippen LogP contribution in [0, 0.1) is 0 Å². The molecule has 1 heterocycles. The van der Waals surface area contributed by atoms with Crippen molar-refractivity contribution in [1.29, 1.82) is 0 Å². The molecule has 1 aromatic carbocycles. The number of amides is 1. The lowest BCUT2D eigenvalue weighted by Crippen LogP contribution is -2.29. The van der Waals surface area contributed by atoms with E-state index >= 15 is 0 Å². The lowest BCUT2D eigenvalue weighted by Gasteiger charge is -2.17. The lowest BCUT2D eigenvalue weighted by molar-refractivity contribution is 0.0952. The molecule has 0 saturated heterocycles. The number of carbonyl (C=O) groups excluding carboxylic acids is 1. The van der Waals surface area contributed by atoms with E-state index < -0.39 is 0 Å². The minimum absolute atomic E-state index is 0.000142. The third kappa shape index (κ3) is 3.77. The molecule has 4 nitrogen and oxygen atoms in total. The van der Waals surface area contributed by atoms with Crippen LogP contribution in [0.5, 0.6) is 0 Å². The van der Waals surface area contributed by atoms with Crippen molar-refractivity contribution < 1.29 is 4.79 Å². The maximum atomic E-state index is 12.1. The monoisotopic (exact) mass is 291 g/mol. The van der Waals surface area contributed by atoms with Gasteiger partial charge in [0.05, 0.1) is 15.7 Å². The Morgan fingerprint density at radius 1 is 1.35 bits per heavy atom. The molecule has 2 aromatic rings. The van der Waals surface area contributed by atoms with E-state index in [1.165, 1.54) is 0 Å². The van der Waals surface area contributed by atoms with E-state index in [4.69, 9.17) is 0 Å². The molecule has 108 valence electrons. The molecule has 0 aliphatic carbocycles. The van der Waals surface area contributed by atoms with Crippen molar-refractivity contribution in [2.45, 2.75) is 20.3 Å². The molecule has 0 saturated carbocycles. The van der Waals surface area contributed by atoms with Crippen LogP contribution in [0.3, 0.4) is 0 Å². The van der Waals surface area contributed by atoms with Crippen LogP contribution in [-0.2, 0) is 0 Å². The van der Waals surface area contributed by atoms with Gasteiger partial charge >= 0.3 is 0 Å². The number of carbonyl (C=O) groups is 1. The molecular formula is C15H21N3OS. The van der Waals surface area contributed by atoms with Crippen LogP contribution in [0.1, 0.15) is 30.6 Å². The second-order valence-corrected chi connectivity index (χ2v) is 5.56. The molecule has 0 aliphatic rings. The van der Waals surface area contributed by atoms with E-state index in [0.717, 1.165) is 42.8 Å². The smallest absolute Gasteiger partial charge is 0.251 e. The van der Waals surface area contributed by atoms with Crippen molar-refractivity contribution in [2.24, 2.45) is 0 Å². The van der Waals surface area contributed by atoms with E-state index in [-0.39, 0.29) is 5.91 Å². The Morgan fingerprint density at radius 3 is 2.90 bits per heavy atom. The summed E-state index contributed by atoms with van der Waals surface area (Å²) in [6, 6.07) is 5.64. The third-order valence-electron chi connectivity index (χ3n) is 3.42. The quantitative estimate of drug-likeness (QED) is 0.798. The number of rotatable bonds is 7. The maximum absolute atomic E-state index is 12.1. The number of nitrogens with zero attached hydrogens (tertiary/aromatic N) is 2. The molecule has 0 spiro atoms. The van der Waals surface area contributed by atoms with Crippen LogP contribution < -0.4 is 5.32 Å². The standard InChI is InChI=1S/C15H21N3OS/c1-3-18(4-2)9-5-8-16-15(19)12-6-7-13-14(10-12)20-11-17-13/h6-7,10-11H,3-5,8-9H2,1-2H3,(H,16,19). The summed E-state index contributed by atoms with van der Waals surface area (Å²) in [5.74, 6) is -0.000142. The number of aromatic nitrogens is 1. The largest absolute Gasteiger partial charge is 0.352 e. The van der Waals surface area contributed by atoms with Gasteiger partial charge in [-0.05, 0) is 44.3 Å². The van der Waals surface area contributed by atoms with Crippen LogP contribution in [0.25, 0.3) is 10.2 Å². The summed E-state index contributed by atoms with van der Waals surface area (Å²) >= 11 is 1.56. The molecule has 0 radical (unpaired) electrons. The minimum Gasteiger partial charge on any atom is -0.352 e. The first-order valence-corrected chi connectivity index (χ1v) is 7.96. The molecule has 0 fully saturated rings. The summed E-state index contributed by atoms with van der Waals surface area (Å²) < 4.78 is 1.06. The zero-order valence-corrected chi connectivity index (χ0v) is 12.9. The fourth-order valence-electron chi connectivity index (χ4n) is 2.14. The Labute approximate surface area is 123 Å². The molecule has 0 atom stereocenters. The molecule has 0 unspecified atom stereocenters. The first-order chi connectivity index (χ1) is 9.74. The molecule has 2 rings (SSSR count). The molecule has 5 heteroatoms. The van der Waals surface area contributed by atoms with Crippen molar-refractivity contribution in [3.05, 3.63) is 29.3 Å². The fraction of sp³-hybridized carbons (Fsp3) is 0.467. The first-order valence-electron chi connectivity index (χ1n) is 7.08. The maximum Gasteiger partial charge on any atom is 0.251 e. The van der Waals surface area contributed by atoms with Crippen LogP contribution in [0.2, 0.25) is 0 Å². The second-order valence-electron chi connectivity index (χ2n) is 4.67. The van der Waals surface area contributed by atoms with Gasteiger partial charge in [-0.2, -0.15) is 0 Å². The summed E-state index contributed by atoms with van der Waals surface area (Å²) in [5.41, 5.74) is 3.47. The molecule has 1 amide bonds. The third-order valence-corrected chi connectivity index (χ3v) is 4.22. The Morgan fingerprint density at radius 2 is 2.15 bits per heavy atom. The fourth-order valence-corrected chi connectivity index (χ4v) is 2.86. The minimum atomic E-state index is -0.000142. The second kappa shape index (κ2) is 7.36. The van der Waals surface area contributed by atoms with Crippen molar-refractivity contribution in [3.8, 4) is 0 Å². The van der Waals surface area contributed by atoms with Crippen molar-refractivity contribution in [2.75, 3.05) is 26.2 Å². The Balaban J connectivity index is 1.82. The van der Waals surface area contributed by atoms with Gasteiger partial charge < -0.3 is 10.2 Å². The summed E-state index contributed by atoms with van der Waals surface area (Å²) in [7, 11) is 0. The van der Waals surface area contributed by atoms with Gasteiger partial charge in [-0.25, -0.2) is 4.98 Å². The normalized spacial score (nSPS) is 11.2. The van der Waals surface area contributed by atoms with E-state index in [1.807, 2.05) is 18.2 Å². The van der Waals surface area contributed by atoms with Gasteiger partial charge in [-0.1, -0.05) is 13.8 Å². The summed E-state index contributed by atoms with van der Waals surface area (Å²) in [5, 5.41) is 2.98.